The largest absolute Gasteiger partial charge is 0.496 e. The van der Waals surface area contributed by atoms with Gasteiger partial charge in [0, 0.05) is 17.1 Å². The molecule has 1 heterocycles. The molecule has 156 valence electrons. The number of benzene rings is 2. The van der Waals surface area contributed by atoms with Crippen LogP contribution in [0.25, 0.3) is 6.08 Å². The normalized spacial score (nSPS) is 11.1. The molecular weight excluding hydrogens is 580 g/mol. The average molecular weight is 599 g/mol. The van der Waals surface area contributed by atoms with Gasteiger partial charge >= 0.3 is 0 Å². The van der Waals surface area contributed by atoms with Crippen molar-refractivity contribution in [3.63, 3.8) is 0 Å². The second-order valence-corrected chi connectivity index (χ2v) is 9.18. The van der Waals surface area contributed by atoms with Crippen molar-refractivity contribution in [2.75, 3.05) is 7.11 Å². The maximum atomic E-state index is 12.5. The SMILES string of the molecule is COc1ccc(/C=C/C(=O)c2cc(C)nn2C)cc1COc1c(Br)cc(Br)cc1Br. The minimum atomic E-state index is -0.102. The number of aryl methyl sites for hydroxylation is 2. The lowest BCUT2D eigenvalue weighted by Crippen LogP contribution is -2.04. The summed E-state index contributed by atoms with van der Waals surface area (Å²) in [4.78, 5) is 12.5. The molecule has 0 amide bonds. The summed E-state index contributed by atoms with van der Waals surface area (Å²) in [6, 6.07) is 11.3. The first-order valence-corrected chi connectivity index (χ1v) is 11.3. The predicted molar refractivity (Wildman–Crippen MR) is 128 cm³/mol. The van der Waals surface area contributed by atoms with E-state index in [1.165, 1.54) is 0 Å². The van der Waals surface area contributed by atoms with Crippen molar-refractivity contribution in [1.29, 1.82) is 0 Å². The zero-order chi connectivity index (χ0) is 21.8. The van der Waals surface area contributed by atoms with Crippen molar-refractivity contribution >= 4 is 59.6 Å². The number of ketones is 1. The van der Waals surface area contributed by atoms with Crippen LogP contribution >= 0.6 is 47.8 Å². The van der Waals surface area contributed by atoms with Gasteiger partial charge < -0.3 is 9.47 Å². The Balaban J connectivity index is 1.80. The van der Waals surface area contributed by atoms with Gasteiger partial charge in [-0.25, -0.2) is 0 Å². The molecule has 0 fully saturated rings. The number of allylic oxidation sites excluding steroid dienone is 1. The van der Waals surface area contributed by atoms with E-state index in [-0.39, 0.29) is 5.78 Å². The number of hydrogen-bond donors (Lipinski definition) is 0. The quantitative estimate of drug-likeness (QED) is 0.230. The highest BCUT2D eigenvalue weighted by Gasteiger charge is 2.12. The Morgan fingerprint density at radius 3 is 2.43 bits per heavy atom. The van der Waals surface area contributed by atoms with Gasteiger partial charge in [0.25, 0.3) is 0 Å². The van der Waals surface area contributed by atoms with Crippen molar-refractivity contribution in [2.45, 2.75) is 13.5 Å². The summed E-state index contributed by atoms with van der Waals surface area (Å²) in [5.41, 5.74) is 3.09. The summed E-state index contributed by atoms with van der Waals surface area (Å²) >= 11 is 10.5. The Morgan fingerprint density at radius 1 is 1.13 bits per heavy atom. The third kappa shape index (κ3) is 5.42. The molecule has 0 unspecified atom stereocenters. The van der Waals surface area contributed by atoms with E-state index in [0.717, 1.165) is 30.2 Å². The number of nitrogens with zero attached hydrogens (tertiary/aromatic N) is 2. The number of carbonyl (C=O) groups is 1. The zero-order valence-corrected chi connectivity index (χ0v) is 21.3. The Hall–Kier alpha value is -1.90. The molecule has 0 aliphatic carbocycles. The molecule has 8 heteroatoms. The maximum absolute atomic E-state index is 12.5. The van der Waals surface area contributed by atoms with E-state index in [0.29, 0.717) is 23.8 Å². The van der Waals surface area contributed by atoms with Gasteiger partial charge in [0.15, 0.2) is 0 Å². The summed E-state index contributed by atoms with van der Waals surface area (Å²) in [6.07, 6.45) is 3.32. The van der Waals surface area contributed by atoms with Crippen LogP contribution < -0.4 is 9.47 Å². The first-order chi connectivity index (χ1) is 14.3. The number of methoxy groups -OCH3 is 1. The molecule has 0 aliphatic heterocycles. The maximum Gasteiger partial charge on any atom is 0.203 e. The highest BCUT2D eigenvalue weighted by Crippen LogP contribution is 2.37. The lowest BCUT2D eigenvalue weighted by Gasteiger charge is -2.14. The van der Waals surface area contributed by atoms with E-state index in [4.69, 9.17) is 9.47 Å². The lowest BCUT2D eigenvalue weighted by molar-refractivity contribution is 0.103. The summed E-state index contributed by atoms with van der Waals surface area (Å²) < 4.78 is 15.7. The molecule has 2 aromatic carbocycles. The van der Waals surface area contributed by atoms with Crippen LogP contribution in [0.2, 0.25) is 0 Å². The van der Waals surface area contributed by atoms with Crippen LogP contribution in [0.4, 0.5) is 0 Å². The van der Waals surface area contributed by atoms with Gasteiger partial charge in [-0.1, -0.05) is 28.1 Å². The zero-order valence-electron chi connectivity index (χ0n) is 16.6. The molecule has 5 nitrogen and oxygen atoms in total. The van der Waals surface area contributed by atoms with Crippen LogP contribution in [-0.4, -0.2) is 22.7 Å². The van der Waals surface area contributed by atoms with Crippen molar-refractivity contribution in [3.8, 4) is 11.5 Å². The van der Waals surface area contributed by atoms with Crippen LogP contribution in [-0.2, 0) is 13.7 Å². The monoisotopic (exact) mass is 596 g/mol. The van der Waals surface area contributed by atoms with Gasteiger partial charge in [-0.3, -0.25) is 9.48 Å². The Bertz CT molecular complexity index is 1100. The second kappa shape index (κ2) is 9.94. The Morgan fingerprint density at radius 2 is 1.83 bits per heavy atom. The fourth-order valence-electron chi connectivity index (χ4n) is 2.93. The third-order valence-electron chi connectivity index (χ3n) is 4.32. The van der Waals surface area contributed by atoms with Gasteiger partial charge in [0.1, 0.15) is 23.8 Å². The summed E-state index contributed by atoms with van der Waals surface area (Å²) in [5, 5.41) is 4.21. The van der Waals surface area contributed by atoms with Crippen LogP contribution in [0.3, 0.4) is 0 Å². The van der Waals surface area contributed by atoms with E-state index < -0.39 is 0 Å². The number of ether oxygens (including phenoxy) is 2. The van der Waals surface area contributed by atoms with E-state index in [1.54, 1.807) is 37.1 Å². The van der Waals surface area contributed by atoms with Gasteiger partial charge in [-0.05, 0) is 80.8 Å². The molecule has 30 heavy (non-hydrogen) atoms. The van der Waals surface area contributed by atoms with Crippen LogP contribution in [0.1, 0.15) is 27.3 Å². The number of rotatable bonds is 7. The minimum Gasteiger partial charge on any atom is -0.496 e. The molecule has 0 radical (unpaired) electrons. The smallest absolute Gasteiger partial charge is 0.203 e. The lowest BCUT2D eigenvalue weighted by atomic mass is 10.1. The van der Waals surface area contributed by atoms with Crippen molar-refractivity contribution in [2.24, 2.45) is 7.05 Å². The Labute approximate surface area is 200 Å². The number of halogens is 3. The minimum absolute atomic E-state index is 0.102. The van der Waals surface area contributed by atoms with Crippen molar-refractivity contribution in [1.82, 2.24) is 9.78 Å². The molecule has 1 aromatic heterocycles. The van der Waals surface area contributed by atoms with Gasteiger partial charge in [-0.15, -0.1) is 0 Å². The van der Waals surface area contributed by atoms with E-state index in [1.807, 2.05) is 37.3 Å². The molecule has 0 spiro atoms. The highest BCUT2D eigenvalue weighted by atomic mass is 79.9. The molecule has 0 saturated heterocycles. The fourth-order valence-corrected chi connectivity index (χ4v) is 5.42. The predicted octanol–water partition coefficient (Wildman–Crippen LogP) is 6.50. The highest BCUT2D eigenvalue weighted by molar-refractivity contribution is 9.11. The number of carbonyl (C=O) groups excluding carboxylic acids is 1. The summed E-state index contributed by atoms with van der Waals surface area (Å²) in [5.74, 6) is 1.31. The van der Waals surface area contributed by atoms with E-state index in [2.05, 4.69) is 52.9 Å². The molecular formula is C22H19Br3N2O3. The van der Waals surface area contributed by atoms with Crippen LogP contribution in [0.15, 0.2) is 55.9 Å². The Kier molecular flexibility index (Phi) is 7.55. The molecule has 0 atom stereocenters. The molecule has 0 saturated carbocycles. The van der Waals surface area contributed by atoms with Crippen molar-refractivity contribution < 1.29 is 14.3 Å². The van der Waals surface area contributed by atoms with Crippen molar-refractivity contribution in [3.05, 3.63) is 78.4 Å². The average Bonchev–Trinajstić information content (AvgIpc) is 3.03. The standard InChI is InChI=1S/C22H19Br3N2O3/c1-13-8-19(27(2)26-13)20(28)6-4-14-5-7-21(29-3)15(9-14)12-30-22-17(24)10-16(23)11-18(22)25/h4-11H,12H2,1-3H3/b6-4+. The second-order valence-electron chi connectivity index (χ2n) is 6.55. The summed E-state index contributed by atoms with van der Waals surface area (Å²) in [6.45, 7) is 2.16. The number of hydrogen-bond acceptors (Lipinski definition) is 4. The van der Waals surface area contributed by atoms with Crippen LogP contribution in [0.5, 0.6) is 11.5 Å². The molecule has 0 N–H and O–H groups in total. The number of aromatic nitrogens is 2. The third-order valence-corrected chi connectivity index (χ3v) is 5.96. The fraction of sp³-hybridized carbons (Fsp3) is 0.182. The first kappa shape index (κ1) is 22.8. The first-order valence-electron chi connectivity index (χ1n) is 8.95. The molecule has 0 bridgehead atoms. The van der Waals surface area contributed by atoms with Gasteiger partial charge in [0.05, 0.1) is 21.7 Å². The molecule has 3 aromatic rings. The van der Waals surface area contributed by atoms with Gasteiger partial charge in [-0.2, -0.15) is 5.10 Å². The molecule has 3 rings (SSSR count). The van der Waals surface area contributed by atoms with E-state index >= 15 is 0 Å². The molecule has 0 aliphatic rings. The summed E-state index contributed by atoms with van der Waals surface area (Å²) in [7, 11) is 3.38. The van der Waals surface area contributed by atoms with E-state index in [9.17, 15) is 4.79 Å². The van der Waals surface area contributed by atoms with Crippen LogP contribution in [0, 0.1) is 6.92 Å². The topological polar surface area (TPSA) is 53.3 Å². The van der Waals surface area contributed by atoms with Gasteiger partial charge in [0.2, 0.25) is 5.78 Å².